The summed E-state index contributed by atoms with van der Waals surface area (Å²) in [7, 11) is 0. The number of hydrogen-bond acceptors (Lipinski definition) is 10. The van der Waals surface area contributed by atoms with Crippen molar-refractivity contribution >= 4 is 11.6 Å². The van der Waals surface area contributed by atoms with Crippen LogP contribution in [0.1, 0.15) is 26.2 Å². The third-order valence-corrected chi connectivity index (χ3v) is 5.20. The fourth-order valence-electron chi connectivity index (χ4n) is 3.34. The van der Waals surface area contributed by atoms with E-state index in [1.165, 1.54) is 6.92 Å². The molecule has 1 aliphatic rings. The molecule has 0 radical (unpaired) electrons. The van der Waals surface area contributed by atoms with Crippen molar-refractivity contribution in [1.29, 1.82) is 0 Å². The Morgan fingerprint density at radius 2 is 1.18 bits per heavy atom. The second-order valence-corrected chi connectivity index (χ2v) is 8.40. The van der Waals surface area contributed by atoms with Gasteiger partial charge >= 0.3 is 0 Å². The molecule has 1 amide bonds. The number of rotatable bonds is 24. The standard InChI is InChI=1S/C27H45NO10/c1-24(29)28-25-5-7-26(8-6-25)36-22-20-34-18-16-32-14-12-30-10-11-31-13-15-33-17-19-35-21-23-38-27-4-2-3-9-37-27/h5-8,27H,2-4,9-23H2,1H3,(H,28,29). The zero-order valence-corrected chi connectivity index (χ0v) is 22.7. The summed E-state index contributed by atoms with van der Waals surface area (Å²) in [6.45, 7) is 9.37. The van der Waals surface area contributed by atoms with Gasteiger partial charge in [0.2, 0.25) is 5.91 Å². The lowest BCUT2D eigenvalue weighted by Gasteiger charge is -2.22. The molecular weight excluding hydrogens is 498 g/mol. The van der Waals surface area contributed by atoms with Crippen molar-refractivity contribution in [3.8, 4) is 5.75 Å². The van der Waals surface area contributed by atoms with Gasteiger partial charge in [-0.15, -0.1) is 0 Å². The molecule has 1 N–H and O–H groups in total. The molecule has 1 heterocycles. The molecular formula is C27H45NO10. The monoisotopic (exact) mass is 543 g/mol. The van der Waals surface area contributed by atoms with Crippen LogP contribution in [0.2, 0.25) is 0 Å². The molecule has 0 aliphatic carbocycles. The van der Waals surface area contributed by atoms with Gasteiger partial charge in [0, 0.05) is 19.2 Å². The van der Waals surface area contributed by atoms with Gasteiger partial charge in [0.25, 0.3) is 0 Å². The van der Waals surface area contributed by atoms with Gasteiger partial charge in [0.15, 0.2) is 6.29 Å². The van der Waals surface area contributed by atoms with E-state index < -0.39 is 0 Å². The molecule has 218 valence electrons. The molecule has 11 heteroatoms. The Bertz CT molecular complexity index is 685. The van der Waals surface area contributed by atoms with Crippen LogP contribution in [0.15, 0.2) is 24.3 Å². The topological polar surface area (TPSA) is 112 Å². The van der Waals surface area contributed by atoms with E-state index in [1.807, 2.05) is 0 Å². The highest BCUT2D eigenvalue weighted by Crippen LogP contribution is 2.15. The molecule has 0 bridgehead atoms. The minimum Gasteiger partial charge on any atom is -0.491 e. The normalized spacial score (nSPS) is 15.4. The fraction of sp³-hybridized carbons (Fsp3) is 0.741. The van der Waals surface area contributed by atoms with Crippen LogP contribution in [0.25, 0.3) is 0 Å². The predicted molar refractivity (Wildman–Crippen MR) is 141 cm³/mol. The lowest BCUT2D eigenvalue weighted by atomic mass is 10.2. The van der Waals surface area contributed by atoms with Crippen molar-refractivity contribution in [1.82, 2.24) is 0 Å². The summed E-state index contributed by atoms with van der Waals surface area (Å²) in [5.41, 5.74) is 0.736. The first kappa shape index (κ1) is 32.4. The summed E-state index contributed by atoms with van der Waals surface area (Å²) in [6, 6.07) is 7.19. The zero-order chi connectivity index (χ0) is 26.9. The third-order valence-electron chi connectivity index (χ3n) is 5.20. The van der Waals surface area contributed by atoms with E-state index in [9.17, 15) is 4.79 Å². The minimum absolute atomic E-state index is 0.0656. The largest absolute Gasteiger partial charge is 0.491 e. The zero-order valence-electron chi connectivity index (χ0n) is 22.7. The second kappa shape index (κ2) is 23.1. The van der Waals surface area contributed by atoms with Gasteiger partial charge in [-0.1, -0.05) is 0 Å². The van der Waals surface area contributed by atoms with E-state index in [0.717, 1.165) is 37.3 Å². The maximum absolute atomic E-state index is 11.0. The molecule has 0 saturated carbocycles. The van der Waals surface area contributed by atoms with Gasteiger partial charge in [-0.25, -0.2) is 0 Å². The Labute approximate surface area is 226 Å². The molecule has 2 rings (SSSR count). The van der Waals surface area contributed by atoms with Crippen LogP contribution in [-0.2, 0) is 42.7 Å². The van der Waals surface area contributed by atoms with Gasteiger partial charge in [-0.05, 0) is 43.5 Å². The SMILES string of the molecule is CC(=O)Nc1ccc(OCCOCCOCCOCCOCCOCCOCCOC2CCCCO2)cc1. The van der Waals surface area contributed by atoms with Crippen molar-refractivity contribution in [3.05, 3.63) is 24.3 Å². The molecule has 38 heavy (non-hydrogen) atoms. The van der Waals surface area contributed by atoms with E-state index in [0.29, 0.717) is 92.5 Å². The average molecular weight is 544 g/mol. The van der Waals surface area contributed by atoms with Crippen LogP contribution in [0.5, 0.6) is 5.75 Å². The number of ether oxygens (including phenoxy) is 9. The molecule has 11 nitrogen and oxygen atoms in total. The van der Waals surface area contributed by atoms with Crippen LogP contribution < -0.4 is 10.1 Å². The summed E-state index contributed by atoms with van der Waals surface area (Å²) in [5, 5.41) is 2.71. The van der Waals surface area contributed by atoms with Crippen LogP contribution in [0, 0.1) is 0 Å². The smallest absolute Gasteiger partial charge is 0.221 e. The Kier molecular flexibility index (Phi) is 19.7. The van der Waals surface area contributed by atoms with Crippen molar-refractivity contribution in [2.75, 3.05) is 104 Å². The van der Waals surface area contributed by atoms with Gasteiger partial charge in [0.1, 0.15) is 12.4 Å². The summed E-state index contributed by atoms with van der Waals surface area (Å²) < 4.78 is 49.5. The molecule has 1 aliphatic heterocycles. The molecule has 1 aromatic rings. The summed E-state index contributed by atoms with van der Waals surface area (Å²) in [5.74, 6) is 0.619. The van der Waals surface area contributed by atoms with Crippen LogP contribution >= 0.6 is 0 Å². The summed E-state index contributed by atoms with van der Waals surface area (Å²) in [6.07, 6.45) is 3.19. The molecule has 1 fully saturated rings. The number of hydrogen-bond donors (Lipinski definition) is 1. The van der Waals surface area contributed by atoms with Crippen molar-refractivity contribution in [2.24, 2.45) is 0 Å². The molecule has 1 unspecified atom stereocenters. The Hall–Kier alpha value is -1.83. The van der Waals surface area contributed by atoms with E-state index in [2.05, 4.69) is 5.32 Å². The Morgan fingerprint density at radius 1 is 0.711 bits per heavy atom. The maximum atomic E-state index is 11.0. The number of amides is 1. The lowest BCUT2D eigenvalue weighted by Crippen LogP contribution is -2.24. The van der Waals surface area contributed by atoms with Crippen molar-refractivity contribution in [3.63, 3.8) is 0 Å². The number of anilines is 1. The highest BCUT2D eigenvalue weighted by molar-refractivity contribution is 5.88. The predicted octanol–water partition coefficient (Wildman–Crippen LogP) is 2.67. The number of benzene rings is 1. The van der Waals surface area contributed by atoms with Crippen molar-refractivity contribution in [2.45, 2.75) is 32.5 Å². The van der Waals surface area contributed by atoms with Gasteiger partial charge in [-0.2, -0.15) is 0 Å². The first-order valence-electron chi connectivity index (χ1n) is 13.4. The maximum Gasteiger partial charge on any atom is 0.221 e. The van der Waals surface area contributed by atoms with Crippen LogP contribution in [0.3, 0.4) is 0 Å². The fourth-order valence-corrected chi connectivity index (χ4v) is 3.34. The second-order valence-electron chi connectivity index (χ2n) is 8.40. The van der Waals surface area contributed by atoms with Crippen LogP contribution in [0.4, 0.5) is 5.69 Å². The Balaban J connectivity index is 1.21. The van der Waals surface area contributed by atoms with Gasteiger partial charge in [-0.3, -0.25) is 4.79 Å². The minimum atomic E-state index is -0.104. The third kappa shape index (κ3) is 18.4. The molecule has 1 atom stereocenters. The average Bonchev–Trinajstić information content (AvgIpc) is 2.92. The molecule has 1 aromatic carbocycles. The first-order chi connectivity index (χ1) is 18.7. The van der Waals surface area contributed by atoms with Gasteiger partial charge in [0.05, 0.1) is 85.9 Å². The highest BCUT2D eigenvalue weighted by atomic mass is 16.7. The van der Waals surface area contributed by atoms with Gasteiger partial charge < -0.3 is 47.9 Å². The quantitative estimate of drug-likeness (QED) is 0.195. The summed E-state index contributed by atoms with van der Waals surface area (Å²) >= 11 is 0. The van der Waals surface area contributed by atoms with E-state index in [1.54, 1.807) is 24.3 Å². The number of carbonyl (C=O) groups is 1. The lowest BCUT2D eigenvalue weighted by molar-refractivity contribution is -0.169. The van der Waals surface area contributed by atoms with Crippen LogP contribution in [-0.4, -0.2) is 111 Å². The molecule has 0 aromatic heterocycles. The number of nitrogens with one attached hydrogen (secondary N) is 1. The van der Waals surface area contributed by atoms with E-state index >= 15 is 0 Å². The molecule has 0 spiro atoms. The summed E-state index contributed by atoms with van der Waals surface area (Å²) in [4.78, 5) is 11.0. The first-order valence-corrected chi connectivity index (χ1v) is 13.4. The highest BCUT2D eigenvalue weighted by Gasteiger charge is 2.13. The Morgan fingerprint density at radius 3 is 1.63 bits per heavy atom. The van der Waals surface area contributed by atoms with Crippen molar-refractivity contribution < 1.29 is 47.4 Å². The van der Waals surface area contributed by atoms with E-state index in [-0.39, 0.29) is 12.2 Å². The van der Waals surface area contributed by atoms with E-state index in [4.69, 9.17) is 42.6 Å². The number of carbonyl (C=O) groups excluding carboxylic acids is 1. The molecule has 1 saturated heterocycles.